The molecule has 0 unspecified atom stereocenters. The minimum Gasteiger partial charge on any atom is -0.419 e. The van der Waals surface area contributed by atoms with Crippen LogP contribution in [0.5, 0.6) is 0 Å². The van der Waals surface area contributed by atoms with Crippen molar-refractivity contribution in [3.05, 3.63) is 35.1 Å². The first kappa shape index (κ1) is 11.4. The molecule has 0 aliphatic heterocycles. The van der Waals surface area contributed by atoms with Crippen LogP contribution in [-0.4, -0.2) is 0 Å². The van der Waals surface area contributed by atoms with Crippen molar-refractivity contribution >= 4 is 0 Å². The third-order valence-electron chi connectivity index (χ3n) is 1.98. The maximum Gasteiger partial charge on any atom is 0.286 e. The SMILES string of the molecule is CC[C@@H](OC#N)c1ccc(F)c(F)c1F. The Morgan fingerprint density at radius 1 is 1.33 bits per heavy atom. The van der Waals surface area contributed by atoms with Gasteiger partial charge in [-0.25, -0.2) is 13.2 Å². The third kappa shape index (κ3) is 2.21. The van der Waals surface area contributed by atoms with Crippen molar-refractivity contribution in [3.8, 4) is 6.26 Å². The fourth-order valence-corrected chi connectivity index (χ4v) is 1.22. The molecular formula is C10H8F3NO. The van der Waals surface area contributed by atoms with Crippen LogP contribution in [0.1, 0.15) is 25.0 Å². The number of ether oxygens (including phenoxy) is 1. The van der Waals surface area contributed by atoms with Gasteiger partial charge in [0.2, 0.25) is 0 Å². The molecule has 5 heteroatoms. The zero-order valence-corrected chi connectivity index (χ0v) is 7.93. The highest BCUT2D eigenvalue weighted by Gasteiger charge is 2.20. The Morgan fingerprint density at radius 2 is 2.00 bits per heavy atom. The second-order valence-corrected chi connectivity index (χ2v) is 2.87. The van der Waals surface area contributed by atoms with E-state index in [9.17, 15) is 13.2 Å². The van der Waals surface area contributed by atoms with Crippen LogP contribution in [0.4, 0.5) is 13.2 Å². The summed E-state index contributed by atoms with van der Waals surface area (Å²) in [6.45, 7) is 1.64. The lowest BCUT2D eigenvalue weighted by atomic mass is 10.1. The first-order chi connectivity index (χ1) is 7.11. The summed E-state index contributed by atoms with van der Waals surface area (Å²) < 4.78 is 43.2. The van der Waals surface area contributed by atoms with E-state index in [-0.39, 0.29) is 12.0 Å². The van der Waals surface area contributed by atoms with Gasteiger partial charge in [0.15, 0.2) is 17.5 Å². The van der Waals surface area contributed by atoms with Gasteiger partial charge in [0, 0.05) is 5.56 Å². The van der Waals surface area contributed by atoms with Crippen LogP contribution in [-0.2, 0) is 4.74 Å². The number of benzene rings is 1. The lowest BCUT2D eigenvalue weighted by molar-refractivity contribution is 0.154. The standard InChI is InChI=1S/C10H8F3NO/c1-2-8(15-5-14)6-3-4-7(11)10(13)9(6)12/h3-4,8H,2H2,1H3/t8-/m1/s1. The van der Waals surface area contributed by atoms with E-state index in [1.54, 1.807) is 6.92 Å². The zero-order valence-electron chi connectivity index (χ0n) is 7.93. The number of halogens is 3. The Kier molecular flexibility index (Phi) is 3.56. The molecule has 0 amide bonds. The minimum atomic E-state index is -1.55. The van der Waals surface area contributed by atoms with E-state index >= 15 is 0 Å². The van der Waals surface area contributed by atoms with Crippen LogP contribution in [0.25, 0.3) is 0 Å². The van der Waals surface area contributed by atoms with Gasteiger partial charge in [-0.1, -0.05) is 6.92 Å². The van der Waals surface area contributed by atoms with E-state index in [0.717, 1.165) is 12.1 Å². The summed E-state index contributed by atoms with van der Waals surface area (Å²) in [4.78, 5) is 0. The quantitative estimate of drug-likeness (QED) is 0.573. The molecule has 0 heterocycles. The average Bonchev–Trinajstić information content (AvgIpc) is 2.24. The molecule has 0 fully saturated rings. The molecule has 0 saturated heterocycles. The Bertz CT molecular complexity index is 400. The second kappa shape index (κ2) is 4.69. The highest BCUT2D eigenvalue weighted by molar-refractivity contribution is 5.22. The third-order valence-corrected chi connectivity index (χ3v) is 1.98. The van der Waals surface area contributed by atoms with E-state index in [4.69, 9.17) is 5.26 Å². The zero-order chi connectivity index (χ0) is 11.4. The van der Waals surface area contributed by atoms with Gasteiger partial charge in [0.05, 0.1) is 0 Å². The molecule has 0 aliphatic carbocycles. The molecule has 1 aromatic carbocycles. The van der Waals surface area contributed by atoms with E-state index in [2.05, 4.69) is 4.74 Å². The lowest BCUT2D eigenvalue weighted by Gasteiger charge is -2.12. The predicted molar refractivity (Wildman–Crippen MR) is 46.0 cm³/mol. The maximum absolute atomic E-state index is 13.2. The van der Waals surface area contributed by atoms with Crippen LogP contribution in [0.2, 0.25) is 0 Å². The van der Waals surface area contributed by atoms with Crippen LogP contribution >= 0.6 is 0 Å². The van der Waals surface area contributed by atoms with Crippen LogP contribution in [0.3, 0.4) is 0 Å². The van der Waals surface area contributed by atoms with Crippen LogP contribution in [0.15, 0.2) is 12.1 Å². The number of nitriles is 1. The molecule has 0 radical (unpaired) electrons. The van der Waals surface area contributed by atoms with E-state index in [1.807, 2.05) is 0 Å². The fraction of sp³-hybridized carbons (Fsp3) is 0.300. The highest BCUT2D eigenvalue weighted by atomic mass is 19.2. The largest absolute Gasteiger partial charge is 0.419 e. The van der Waals surface area contributed by atoms with Crippen molar-refractivity contribution in [2.75, 3.05) is 0 Å². The summed E-state index contributed by atoms with van der Waals surface area (Å²) in [5.41, 5.74) is -0.155. The average molecular weight is 215 g/mol. The van der Waals surface area contributed by atoms with Gasteiger partial charge in [-0.3, -0.25) is 0 Å². The molecule has 0 aromatic heterocycles. The van der Waals surface area contributed by atoms with E-state index < -0.39 is 23.6 Å². The molecule has 2 nitrogen and oxygen atoms in total. The van der Waals surface area contributed by atoms with E-state index in [0.29, 0.717) is 0 Å². The monoisotopic (exact) mass is 215 g/mol. The summed E-state index contributed by atoms with van der Waals surface area (Å²) in [5.74, 6) is -4.12. The van der Waals surface area contributed by atoms with Crippen LogP contribution in [0, 0.1) is 29.0 Å². The normalized spacial score (nSPS) is 11.9. The Morgan fingerprint density at radius 3 is 2.53 bits per heavy atom. The predicted octanol–water partition coefficient (Wildman–Crippen LogP) is 3.05. The lowest BCUT2D eigenvalue weighted by Crippen LogP contribution is -2.05. The maximum atomic E-state index is 13.2. The molecule has 0 N–H and O–H groups in total. The summed E-state index contributed by atoms with van der Waals surface area (Å²) in [7, 11) is 0. The molecule has 15 heavy (non-hydrogen) atoms. The first-order valence-electron chi connectivity index (χ1n) is 4.30. The molecule has 0 saturated carbocycles. The fourth-order valence-electron chi connectivity index (χ4n) is 1.22. The molecule has 1 aromatic rings. The molecule has 0 bridgehead atoms. The number of nitrogens with zero attached hydrogens (tertiary/aromatic N) is 1. The Balaban J connectivity index is 3.14. The summed E-state index contributed by atoms with van der Waals surface area (Å²) in [6, 6.07) is 1.87. The van der Waals surface area contributed by atoms with Gasteiger partial charge in [-0.2, -0.15) is 5.26 Å². The van der Waals surface area contributed by atoms with Gasteiger partial charge in [0.1, 0.15) is 6.10 Å². The second-order valence-electron chi connectivity index (χ2n) is 2.87. The van der Waals surface area contributed by atoms with Gasteiger partial charge >= 0.3 is 0 Å². The molecule has 0 aliphatic rings. The topological polar surface area (TPSA) is 33.0 Å². The minimum absolute atomic E-state index is 0.155. The van der Waals surface area contributed by atoms with Crippen molar-refractivity contribution in [2.24, 2.45) is 0 Å². The van der Waals surface area contributed by atoms with Gasteiger partial charge in [-0.15, -0.1) is 0 Å². The van der Waals surface area contributed by atoms with Crippen molar-refractivity contribution in [3.63, 3.8) is 0 Å². The van der Waals surface area contributed by atoms with Crippen LogP contribution < -0.4 is 0 Å². The first-order valence-corrected chi connectivity index (χ1v) is 4.30. The smallest absolute Gasteiger partial charge is 0.286 e. The number of rotatable bonds is 3. The van der Waals surface area contributed by atoms with Crippen molar-refractivity contribution in [1.29, 1.82) is 5.26 Å². The van der Waals surface area contributed by atoms with Gasteiger partial charge in [-0.05, 0) is 18.6 Å². The molecule has 1 rings (SSSR count). The Hall–Kier alpha value is -1.70. The van der Waals surface area contributed by atoms with Gasteiger partial charge < -0.3 is 4.74 Å². The summed E-state index contributed by atoms with van der Waals surface area (Å²) >= 11 is 0. The molecule has 1 atom stereocenters. The van der Waals surface area contributed by atoms with Gasteiger partial charge in [0.25, 0.3) is 6.26 Å². The number of hydrogen-bond acceptors (Lipinski definition) is 2. The van der Waals surface area contributed by atoms with Crippen molar-refractivity contribution in [1.82, 2.24) is 0 Å². The highest BCUT2D eigenvalue weighted by Crippen LogP contribution is 2.25. The molecule has 80 valence electrons. The summed E-state index contributed by atoms with van der Waals surface area (Å²) in [5, 5.41) is 8.28. The Labute approximate surface area is 84.9 Å². The van der Waals surface area contributed by atoms with Crippen molar-refractivity contribution in [2.45, 2.75) is 19.4 Å². The number of hydrogen-bond donors (Lipinski definition) is 0. The summed E-state index contributed by atoms with van der Waals surface area (Å²) in [6.07, 6.45) is 0.799. The van der Waals surface area contributed by atoms with E-state index in [1.165, 1.54) is 6.26 Å². The molecule has 0 spiro atoms. The van der Waals surface area contributed by atoms with Crippen molar-refractivity contribution < 1.29 is 17.9 Å². The molecular weight excluding hydrogens is 207 g/mol.